The highest BCUT2D eigenvalue weighted by Crippen LogP contribution is 2.38. The first-order chi connectivity index (χ1) is 16.7. The van der Waals surface area contributed by atoms with E-state index in [1.807, 2.05) is 12.1 Å². The molecule has 5 nitrogen and oxygen atoms in total. The standard InChI is InChI=1S/C29H42O5Si/c1-29(2,3)35(25-18-10-6-11-19-25,26-20-12-7-13-21-26)34-24(16-8-4-14-22-27(30)31)17-9-5-15-23-28(32)33/h6-7,10-13,18-21,24H,4-5,8-9,14-17,22-23H2,1-3H3,(H,30,31)(H,32,33). The molecule has 2 N–H and O–H groups in total. The van der Waals surface area contributed by atoms with Gasteiger partial charge in [0, 0.05) is 18.9 Å². The van der Waals surface area contributed by atoms with E-state index in [1.54, 1.807) is 0 Å². The molecule has 2 aromatic rings. The van der Waals surface area contributed by atoms with E-state index in [4.69, 9.17) is 14.6 Å². The predicted molar refractivity (Wildman–Crippen MR) is 144 cm³/mol. The van der Waals surface area contributed by atoms with Crippen LogP contribution < -0.4 is 10.4 Å². The van der Waals surface area contributed by atoms with Crippen molar-refractivity contribution in [2.45, 2.75) is 96.1 Å². The molecule has 0 aliphatic heterocycles. The minimum Gasteiger partial charge on any atom is -0.481 e. The van der Waals surface area contributed by atoms with E-state index < -0.39 is 20.3 Å². The monoisotopic (exact) mass is 498 g/mol. The van der Waals surface area contributed by atoms with Crippen molar-refractivity contribution in [2.24, 2.45) is 0 Å². The van der Waals surface area contributed by atoms with Crippen molar-refractivity contribution in [3.63, 3.8) is 0 Å². The normalized spacial score (nSPS) is 12.1. The van der Waals surface area contributed by atoms with E-state index in [9.17, 15) is 9.59 Å². The molecule has 0 saturated heterocycles. The largest absolute Gasteiger partial charge is 0.481 e. The third kappa shape index (κ3) is 8.93. The molecular formula is C29H42O5Si. The molecule has 0 spiro atoms. The molecule has 35 heavy (non-hydrogen) atoms. The molecule has 0 bridgehead atoms. The Bertz CT molecular complexity index is 829. The van der Waals surface area contributed by atoms with Crippen LogP contribution in [0, 0.1) is 0 Å². The van der Waals surface area contributed by atoms with Gasteiger partial charge in [-0.15, -0.1) is 0 Å². The molecule has 0 amide bonds. The zero-order chi connectivity index (χ0) is 25.7. The highest BCUT2D eigenvalue weighted by Gasteiger charge is 2.51. The van der Waals surface area contributed by atoms with Gasteiger partial charge in [-0.3, -0.25) is 9.59 Å². The first kappa shape index (κ1) is 28.8. The Hall–Kier alpha value is -2.44. The quantitative estimate of drug-likeness (QED) is 0.219. The van der Waals surface area contributed by atoms with Gasteiger partial charge in [0.2, 0.25) is 0 Å². The van der Waals surface area contributed by atoms with Crippen molar-refractivity contribution in [3.8, 4) is 0 Å². The fraction of sp³-hybridized carbons (Fsp3) is 0.517. The molecule has 6 heteroatoms. The van der Waals surface area contributed by atoms with E-state index in [0.29, 0.717) is 12.8 Å². The zero-order valence-electron chi connectivity index (χ0n) is 21.5. The number of hydrogen-bond donors (Lipinski definition) is 2. The Kier molecular flexibility index (Phi) is 11.7. The van der Waals surface area contributed by atoms with Gasteiger partial charge in [0.1, 0.15) is 0 Å². The summed E-state index contributed by atoms with van der Waals surface area (Å²) in [4.78, 5) is 21.8. The van der Waals surface area contributed by atoms with Crippen LogP contribution in [0.2, 0.25) is 5.04 Å². The van der Waals surface area contributed by atoms with Gasteiger partial charge in [-0.1, -0.05) is 107 Å². The molecule has 0 heterocycles. The van der Waals surface area contributed by atoms with Crippen molar-refractivity contribution in [1.29, 1.82) is 0 Å². The maximum absolute atomic E-state index is 10.9. The minimum absolute atomic E-state index is 0.0379. The maximum Gasteiger partial charge on any atom is 0.303 e. The summed E-state index contributed by atoms with van der Waals surface area (Å²) in [6, 6.07) is 21.2. The maximum atomic E-state index is 10.9. The van der Waals surface area contributed by atoms with Crippen LogP contribution in [0.25, 0.3) is 0 Å². The minimum atomic E-state index is -2.67. The molecule has 0 atom stereocenters. The second-order valence-electron chi connectivity index (χ2n) is 10.4. The second-order valence-corrected chi connectivity index (χ2v) is 14.6. The summed E-state index contributed by atoms with van der Waals surface area (Å²) in [5.74, 6) is -1.49. The molecule has 2 rings (SSSR count). The van der Waals surface area contributed by atoms with Gasteiger partial charge in [0.15, 0.2) is 0 Å². The van der Waals surface area contributed by atoms with Crippen LogP contribution in [0.5, 0.6) is 0 Å². The Balaban J connectivity index is 2.32. The highest BCUT2D eigenvalue weighted by molar-refractivity contribution is 6.99. The van der Waals surface area contributed by atoms with E-state index >= 15 is 0 Å². The molecule has 0 aliphatic rings. The average Bonchev–Trinajstić information content (AvgIpc) is 2.81. The van der Waals surface area contributed by atoms with Crippen molar-refractivity contribution in [2.75, 3.05) is 0 Å². The van der Waals surface area contributed by atoms with Crippen LogP contribution in [0.3, 0.4) is 0 Å². The topological polar surface area (TPSA) is 83.8 Å². The lowest BCUT2D eigenvalue weighted by Crippen LogP contribution is -2.67. The van der Waals surface area contributed by atoms with Crippen LogP contribution in [0.15, 0.2) is 60.7 Å². The SMILES string of the molecule is CC(C)(C)[Si](OC(CCCCCC(=O)O)CCCCCC(=O)O)(c1ccccc1)c1ccccc1. The Morgan fingerprint density at radius 2 is 1.11 bits per heavy atom. The number of carboxylic acids is 2. The van der Waals surface area contributed by atoms with Crippen molar-refractivity contribution in [1.82, 2.24) is 0 Å². The average molecular weight is 499 g/mol. The van der Waals surface area contributed by atoms with Crippen LogP contribution in [0.4, 0.5) is 0 Å². The van der Waals surface area contributed by atoms with Gasteiger partial charge in [-0.05, 0) is 41.1 Å². The summed E-state index contributed by atoms with van der Waals surface area (Å²) < 4.78 is 7.34. The number of unbranched alkanes of at least 4 members (excludes halogenated alkanes) is 4. The summed E-state index contributed by atoms with van der Waals surface area (Å²) >= 11 is 0. The van der Waals surface area contributed by atoms with Gasteiger partial charge in [-0.25, -0.2) is 0 Å². The fourth-order valence-electron chi connectivity index (χ4n) is 4.85. The summed E-state index contributed by atoms with van der Waals surface area (Å²) in [6.45, 7) is 6.82. The number of carbonyl (C=O) groups is 2. The van der Waals surface area contributed by atoms with E-state index in [0.717, 1.165) is 38.5 Å². The molecule has 0 radical (unpaired) electrons. The zero-order valence-corrected chi connectivity index (χ0v) is 22.5. The summed E-state index contributed by atoms with van der Waals surface area (Å²) in [6.07, 6.45) is 7.14. The Labute approximate surface area is 211 Å². The van der Waals surface area contributed by atoms with Crippen LogP contribution in [0.1, 0.15) is 85.0 Å². The number of carboxylic acid groups (broad SMARTS) is 2. The lowest BCUT2D eigenvalue weighted by Gasteiger charge is -2.45. The van der Waals surface area contributed by atoms with Crippen molar-refractivity contribution in [3.05, 3.63) is 60.7 Å². The number of benzene rings is 2. The second kappa shape index (κ2) is 14.2. The fourth-order valence-corrected chi connectivity index (χ4v) is 9.60. The third-order valence-corrected chi connectivity index (χ3v) is 11.7. The highest BCUT2D eigenvalue weighted by atomic mass is 28.4. The smallest absolute Gasteiger partial charge is 0.303 e. The van der Waals surface area contributed by atoms with Crippen LogP contribution in [-0.2, 0) is 14.0 Å². The van der Waals surface area contributed by atoms with Crippen LogP contribution in [-0.4, -0.2) is 36.6 Å². The van der Waals surface area contributed by atoms with Gasteiger partial charge >= 0.3 is 11.9 Å². The van der Waals surface area contributed by atoms with Gasteiger partial charge in [-0.2, -0.15) is 0 Å². The molecule has 0 saturated carbocycles. The first-order valence-electron chi connectivity index (χ1n) is 12.9. The van der Waals surface area contributed by atoms with Crippen molar-refractivity contribution < 1.29 is 24.2 Å². The van der Waals surface area contributed by atoms with Crippen LogP contribution >= 0.6 is 0 Å². The lowest BCUT2D eigenvalue weighted by molar-refractivity contribution is -0.138. The van der Waals surface area contributed by atoms with E-state index in [1.165, 1.54) is 10.4 Å². The van der Waals surface area contributed by atoms with Gasteiger partial charge in [0.25, 0.3) is 8.32 Å². The number of aliphatic carboxylic acids is 2. The molecule has 0 aliphatic carbocycles. The Morgan fingerprint density at radius 3 is 1.46 bits per heavy atom. The van der Waals surface area contributed by atoms with Crippen molar-refractivity contribution >= 4 is 30.6 Å². The number of hydrogen-bond acceptors (Lipinski definition) is 3. The lowest BCUT2D eigenvalue weighted by atomic mass is 10.0. The number of rotatable bonds is 16. The van der Waals surface area contributed by atoms with E-state index in [-0.39, 0.29) is 24.0 Å². The summed E-state index contributed by atoms with van der Waals surface area (Å²) in [7, 11) is -2.67. The van der Waals surface area contributed by atoms with Gasteiger partial charge < -0.3 is 14.6 Å². The molecular weight excluding hydrogens is 456 g/mol. The van der Waals surface area contributed by atoms with Gasteiger partial charge in [0.05, 0.1) is 0 Å². The Morgan fingerprint density at radius 1 is 0.714 bits per heavy atom. The third-order valence-electron chi connectivity index (χ3n) is 6.59. The summed E-state index contributed by atoms with van der Waals surface area (Å²) in [5, 5.41) is 20.3. The predicted octanol–water partition coefficient (Wildman–Crippen LogP) is 6.00. The van der Waals surface area contributed by atoms with E-state index in [2.05, 4.69) is 69.3 Å². The summed E-state index contributed by atoms with van der Waals surface area (Å²) in [5.41, 5.74) is 0. The molecule has 0 unspecified atom stereocenters. The molecule has 0 aromatic heterocycles. The molecule has 192 valence electrons. The molecule has 2 aromatic carbocycles. The first-order valence-corrected chi connectivity index (χ1v) is 14.8. The molecule has 0 fully saturated rings.